The van der Waals surface area contributed by atoms with Crippen LogP contribution >= 0.6 is 0 Å². The second-order valence-electron chi connectivity index (χ2n) is 7.14. The lowest BCUT2D eigenvalue weighted by Gasteiger charge is -2.13. The lowest BCUT2D eigenvalue weighted by Crippen LogP contribution is -1.90. The van der Waals surface area contributed by atoms with Crippen molar-refractivity contribution in [3.63, 3.8) is 0 Å². The molecule has 138 valence electrons. The summed E-state index contributed by atoms with van der Waals surface area (Å²) in [5.41, 5.74) is 7.18. The molecule has 5 rings (SSSR count). The topological polar surface area (TPSA) is 12.0 Å². The van der Waals surface area contributed by atoms with Crippen LogP contribution < -0.4 is 5.32 Å². The van der Waals surface area contributed by atoms with Crippen LogP contribution in [-0.4, -0.2) is 0 Å². The SMILES string of the molecule is c1ccc(Nc2ccc(-c3ccc(-c4ccccc4)c4ccccc34)cc2)cc1. The lowest BCUT2D eigenvalue weighted by molar-refractivity contribution is 1.54. The lowest BCUT2D eigenvalue weighted by atomic mass is 9.92. The van der Waals surface area contributed by atoms with E-state index in [1.807, 2.05) is 18.2 Å². The first-order valence-corrected chi connectivity index (χ1v) is 9.88. The van der Waals surface area contributed by atoms with Gasteiger partial charge in [-0.3, -0.25) is 0 Å². The molecule has 0 spiro atoms. The average Bonchev–Trinajstić information content (AvgIpc) is 2.80. The highest BCUT2D eigenvalue weighted by molar-refractivity contribution is 6.04. The summed E-state index contributed by atoms with van der Waals surface area (Å²) < 4.78 is 0. The second kappa shape index (κ2) is 7.65. The Balaban J connectivity index is 1.54. The maximum atomic E-state index is 3.45. The van der Waals surface area contributed by atoms with Gasteiger partial charge in [-0.1, -0.05) is 97.1 Å². The summed E-state index contributed by atoms with van der Waals surface area (Å²) in [7, 11) is 0. The van der Waals surface area contributed by atoms with E-state index in [2.05, 4.69) is 108 Å². The van der Waals surface area contributed by atoms with Gasteiger partial charge < -0.3 is 5.32 Å². The van der Waals surface area contributed by atoms with Gasteiger partial charge in [0.05, 0.1) is 0 Å². The Bertz CT molecular complexity index is 1240. The number of hydrogen-bond acceptors (Lipinski definition) is 1. The molecule has 5 aromatic rings. The van der Waals surface area contributed by atoms with E-state index in [0.717, 1.165) is 11.4 Å². The second-order valence-corrected chi connectivity index (χ2v) is 7.14. The van der Waals surface area contributed by atoms with Gasteiger partial charge in [-0.15, -0.1) is 0 Å². The van der Waals surface area contributed by atoms with E-state index < -0.39 is 0 Å². The van der Waals surface area contributed by atoms with E-state index in [1.54, 1.807) is 0 Å². The van der Waals surface area contributed by atoms with Crippen LogP contribution in [0.25, 0.3) is 33.0 Å². The highest BCUT2D eigenvalue weighted by Crippen LogP contribution is 2.36. The number of nitrogens with one attached hydrogen (secondary N) is 1. The van der Waals surface area contributed by atoms with Gasteiger partial charge in [0.25, 0.3) is 0 Å². The fourth-order valence-electron chi connectivity index (χ4n) is 3.84. The van der Waals surface area contributed by atoms with Gasteiger partial charge in [-0.05, 0) is 57.3 Å². The predicted molar refractivity (Wildman–Crippen MR) is 125 cm³/mol. The normalized spacial score (nSPS) is 10.8. The minimum Gasteiger partial charge on any atom is -0.356 e. The first-order chi connectivity index (χ1) is 14.4. The smallest absolute Gasteiger partial charge is 0.0384 e. The number of benzene rings is 5. The van der Waals surface area contributed by atoms with Gasteiger partial charge in [-0.2, -0.15) is 0 Å². The molecule has 0 atom stereocenters. The van der Waals surface area contributed by atoms with Crippen LogP contribution in [0.2, 0.25) is 0 Å². The number of rotatable bonds is 4. The molecule has 5 aromatic carbocycles. The average molecular weight is 371 g/mol. The van der Waals surface area contributed by atoms with E-state index in [0.29, 0.717) is 0 Å². The molecular weight excluding hydrogens is 350 g/mol. The third kappa shape index (κ3) is 3.51. The zero-order valence-corrected chi connectivity index (χ0v) is 16.0. The van der Waals surface area contributed by atoms with Gasteiger partial charge in [-0.25, -0.2) is 0 Å². The molecule has 1 N–H and O–H groups in total. The largest absolute Gasteiger partial charge is 0.356 e. The molecule has 0 heterocycles. The Hall–Kier alpha value is -3.84. The van der Waals surface area contributed by atoms with E-state index in [9.17, 15) is 0 Å². The summed E-state index contributed by atoms with van der Waals surface area (Å²) in [6.07, 6.45) is 0. The van der Waals surface area contributed by atoms with E-state index in [1.165, 1.54) is 33.0 Å². The van der Waals surface area contributed by atoms with Gasteiger partial charge in [0.1, 0.15) is 0 Å². The molecule has 0 aliphatic carbocycles. The molecule has 1 nitrogen and oxygen atoms in total. The Kier molecular flexibility index (Phi) is 4.56. The van der Waals surface area contributed by atoms with Gasteiger partial charge >= 0.3 is 0 Å². The minimum atomic E-state index is 1.09. The van der Waals surface area contributed by atoms with Crippen molar-refractivity contribution in [2.45, 2.75) is 0 Å². The summed E-state index contributed by atoms with van der Waals surface area (Å²) in [5, 5.41) is 6.01. The monoisotopic (exact) mass is 371 g/mol. The minimum absolute atomic E-state index is 1.09. The van der Waals surface area contributed by atoms with Gasteiger partial charge in [0, 0.05) is 11.4 Å². The van der Waals surface area contributed by atoms with E-state index in [-0.39, 0.29) is 0 Å². The molecule has 29 heavy (non-hydrogen) atoms. The van der Waals surface area contributed by atoms with Crippen molar-refractivity contribution in [1.29, 1.82) is 0 Å². The molecule has 0 saturated heterocycles. The van der Waals surface area contributed by atoms with Crippen molar-refractivity contribution in [3.8, 4) is 22.3 Å². The van der Waals surface area contributed by atoms with Crippen LogP contribution in [0.4, 0.5) is 11.4 Å². The van der Waals surface area contributed by atoms with Crippen molar-refractivity contribution in [3.05, 3.63) is 121 Å². The quantitative estimate of drug-likeness (QED) is 0.338. The standard InChI is InChI=1S/C28H21N/c1-3-9-21(10-4-1)25-19-20-26(28-14-8-7-13-27(25)28)22-15-17-24(18-16-22)29-23-11-5-2-6-12-23/h1-20,29H. The molecule has 1 heteroatoms. The molecule has 0 radical (unpaired) electrons. The zero-order valence-electron chi connectivity index (χ0n) is 16.0. The summed E-state index contributed by atoms with van der Waals surface area (Å²) >= 11 is 0. The number of hydrogen-bond donors (Lipinski definition) is 1. The summed E-state index contributed by atoms with van der Waals surface area (Å²) in [4.78, 5) is 0. The Morgan fingerprint density at radius 2 is 0.793 bits per heavy atom. The Labute approximate surface area is 171 Å². The van der Waals surface area contributed by atoms with Gasteiger partial charge in [0.15, 0.2) is 0 Å². The highest BCUT2D eigenvalue weighted by Gasteiger charge is 2.09. The highest BCUT2D eigenvalue weighted by atomic mass is 14.9. The summed E-state index contributed by atoms with van der Waals surface area (Å²) in [6, 6.07) is 42.6. The molecule has 0 amide bonds. The first kappa shape index (κ1) is 17.3. The van der Waals surface area contributed by atoms with Crippen LogP contribution in [0.5, 0.6) is 0 Å². The number of para-hydroxylation sites is 1. The van der Waals surface area contributed by atoms with Crippen LogP contribution in [0.15, 0.2) is 121 Å². The molecule has 0 aromatic heterocycles. The summed E-state index contributed by atoms with van der Waals surface area (Å²) in [6.45, 7) is 0. The Morgan fingerprint density at radius 3 is 1.38 bits per heavy atom. The van der Waals surface area contributed by atoms with Crippen LogP contribution in [-0.2, 0) is 0 Å². The van der Waals surface area contributed by atoms with E-state index >= 15 is 0 Å². The number of fused-ring (bicyclic) bond motifs is 1. The van der Waals surface area contributed by atoms with Crippen molar-refractivity contribution >= 4 is 22.1 Å². The number of anilines is 2. The fourth-order valence-corrected chi connectivity index (χ4v) is 3.84. The van der Waals surface area contributed by atoms with Crippen LogP contribution in [0.3, 0.4) is 0 Å². The predicted octanol–water partition coefficient (Wildman–Crippen LogP) is 7.92. The third-order valence-electron chi connectivity index (χ3n) is 5.27. The summed E-state index contributed by atoms with van der Waals surface area (Å²) in [5.74, 6) is 0. The first-order valence-electron chi connectivity index (χ1n) is 9.88. The molecule has 0 unspecified atom stereocenters. The molecule has 0 fully saturated rings. The Morgan fingerprint density at radius 1 is 0.345 bits per heavy atom. The molecule has 0 aliphatic rings. The molecule has 0 saturated carbocycles. The van der Waals surface area contributed by atoms with E-state index in [4.69, 9.17) is 0 Å². The van der Waals surface area contributed by atoms with Crippen molar-refractivity contribution < 1.29 is 0 Å². The molecule has 0 aliphatic heterocycles. The van der Waals surface area contributed by atoms with Gasteiger partial charge in [0.2, 0.25) is 0 Å². The van der Waals surface area contributed by atoms with Crippen molar-refractivity contribution in [2.24, 2.45) is 0 Å². The van der Waals surface area contributed by atoms with Crippen molar-refractivity contribution in [1.82, 2.24) is 0 Å². The maximum absolute atomic E-state index is 3.45. The maximum Gasteiger partial charge on any atom is 0.0384 e. The zero-order chi connectivity index (χ0) is 19.5. The third-order valence-corrected chi connectivity index (χ3v) is 5.27. The van der Waals surface area contributed by atoms with Crippen LogP contribution in [0.1, 0.15) is 0 Å². The van der Waals surface area contributed by atoms with Crippen LogP contribution in [0, 0.1) is 0 Å². The van der Waals surface area contributed by atoms with Crippen molar-refractivity contribution in [2.75, 3.05) is 5.32 Å². The molecular formula is C28H21N. The molecule has 0 bridgehead atoms. The fraction of sp³-hybridized carbons (Fsp3) is 0.